The minimum Gasteiger partial charge on any atom is -0.357 e. The zero-order chi connectivity index (χ0) is 15.4. The van der Waals surface area contributed by atoms with Crippen LogP contribution in [0.25, 0.3) is 0 Å². The Morgan fingerprint density at radius 2 is 1.73 bits per heavy atom. The van der Waals surface area contributed by atoms with Gasteiger partial charge in [-0.05, 0) is 43.4 Å². The summed E-state index contributed by atoms with van der Waals surface area (Å²) in [7, 11) is -3.36. The molecule has 7 heteroatoms. The number of hydrogen-bond acceptors (Lipinski definition) is 4. The first-order chi connectivity index (χ1) is 10.6. The van der Waals surface area contributed by atoms with Crippen LogP contribution in [0.15, 0.2) is 18.3 Å². The lowest BCUT2D eigenvalue weighted by atomic mass is 10.2. The van der Waals surface area contributed by atoms with Gasteiger partial charge in [0.15, 0.2) is 0 Å². The zero-order valence-electron chi connectivity index (χ0n) is 12.9. The summed E-state index contributed by atoms with van der Waals surface area (Å²) in [6, 6.07) is 3.86. The summed E-state index contributed by atoms with van der Waals surface area (Å²) in [5.74, 6) is 0.951. The molecule has 0 aliphatic carbocycles. The van der Waals surface area contributed by atoms with Gasteiger partial charge in [-0.2, -0.15) is 17.4 Å². The lowest BCUT2D eigenvalue weighted by Crippen LogP contribution is -2.43. The lowest BCUT2D eigenvalue weighted by molar-refractivity contribution is 0.341. The molecule has 3 rings (SSSR count). The van der Waals surface area contributed by atoms with E-state index < -0.39 is 10.2 Å². The maximum absolute atomic E-state index is 12.3. The van der Waals surface area contributed by atoms with Crippen molar-refractivity contribution in [2.24, 2.45) is 0 Å². The van der Waals surface area contributed by atoms with Crippen molar-refractivity contribution in [1.29, 1.82) is 0 Å². The van der Waals surface area contributed by atoms with Crippen molar-refractivity contribution < 1.29 is 8.42 Å². The van der Waals surface area contributed by atoms with E-state index in [1.807, 2.05) is 12.1 Å². The molecule has 0 atom stereocenters. The summed E-state index contributed by atoms with van der Waals surface area (Å²) in [5, 5.41) is 0. The fraction of sp³-hybridized carbons (Fsp3) is 0.667. The molecule has 2 fully saturated rings. The summed E-state index contributed by atoms with van der Waals surface area (Å²) >= 11 is 0. The predicted octanol–water partition coefficient (Wildman–Crippen LogP) is 1.50. The van der Waals surface area contributed by atoms with Gasteiger partial charge in [-0.25, -0.2) is 4.98 Å². The highest BCUT2D eigenvalue weighted by molar-refractivity contribution is 7.87. The Bertz CT molecular complexity index is 593. The molecule has 0 spiro atoms. The molecule has 2 aliphatic heterocycles. The van der Waals surface area contributed by atoms with E-state index in [1.165, 1.54) is 12.8 Å². The molecule has 0 aromatic carbocycles. The Morgan fingerprint density at radius 3 is 2.45 bits per heavy atom. The third kappa shape index (κ3) is 3.77. The van der Waals surface area contributed by atoms with E-state index in [0.29, 0.717) is 19.6 Å². The summed E-state index contributed by atoms with van der Waals surface area (Å²) in [6.07, 6.45) is 7.19. The largest absolute Gasteiger partial charge is 0.357 e. The van der Waals surface area contributed by atoms with Crippen LogP contribution in [0.2, 0.25) is 0 Å². The molecule has 6 nitrogen and oxygen atoms in total. The lowest BCUT2D eigenvalue weighted by Gasteiger charge is -2.26. The standard InChI is InChI=1S/C15H24N4O2S/c20-22(21,19-10-2-1-3-11-19)17-13-14-6-7-16-15(12-14)18-8-4-5-9-18/h6-7,12,17H,1-5,8-11,13H2. The number of nitrogens with one attached hydrogen (secondary N) is 1. The zero-order valence-corrected chi connectivity index (χ0v) is 13.7. The smallest absolute Gasteiger partial charge is 0.279 e. The van der Waals surface area contributed by atoms with Crippen molar-refractivity contribution >= 4 is 16.0 Å². The number of hydrogen-bond donors (Lipinski definition) is 1. The van der Waals surface area contributed by atoms with E-state index in [9.17, 15) is 8.42 Å². The molecule has 2 saturated heterocycles. The normalized spacial score (nSPS) is 20.5. The van der Waals surface area contributed by atoms with Gasteiger partial charge in [-0.15, -0.1) is 0 Å². The maximum Gasteiger partial charge on any atom is 0.279 e. The Labute approximate surface area is 132 Å². The van der Waals surface area contributed by atoms with Crippen molar-refractivity contribution in [2.75, 3.05) is 31.1 Å². The first-order valence-electron chi connectivity index (χ1n) is 8.10. The van der Waals surface area contributed by atoms with Crippen LogP contribution in [0.5, 0.6) is 0 Å². The Balaban J connectivity index is 1.62. The van der Waals surface area contributed by atoms with Gasteiger partial charge in [-0.3, -0.25) is 0 Å². The average Bonchev–Trinajstić information content (AvgIpc) is 3.09. The van der Waals surface area contributed by atoms with E-state index in [4.69, 9.17) is 0 Å². The second-order valence-electron chi connectivity index (χ2n) is 6.00. The number of piperidine rings is 1. The van der Waals surface area contributed by atoms with Gasteiger partial charge < -0.3 is 4.90 Å². The van der Waals surface area contributed by atoms with Crippen LogP contribution in [-0.4, -0.2) is 43.9 Å². The van der Waals surface area contributed by atoms with Gasteiger partial charge in [0, 0.05) is 38.9 Å². The van der Waals surface area contributed by atoms with Gasteiger partial charge >= 0.3 is 0 Å². The van der Waals surface area contributed by atoms with Crippen molar-refractivity contribution in [1.82, 2.24) is 14.0 Å². The molecular formula is C15H24N4O2S. The third-order valence-corrected chi connectivity index (χ3v) is 5.91. The second kappa shape index (κ2) is 6.93. The Hall–Kier alpha value is -1.18. The average molecular weight is 324 g/mol. The van der Waals surface area contributed by atoms with Crippen LogP contribution in [0.1, 0.15) is 37.7 Å². The van der Waals surface area contributed by atoms with Crippen LogP contribution in [-0.2, 0) is 16.8 Å². The molecule has 0 radical (unpaired) electrons. The number of nitrogens with zero attached hydrogens (tertiary/aromatic N) is 3. The van der Waals surface area contributed by atoms with Crippen LogP contribution >= 0.6 is 0 Å². The predicted molar refractivity (Wildman–Crippen MR) is 86.9 cm³/mol. The number of rotatable bonds is 5. The molecule has 0 amide bonds. The van der Waals surface area contributed by atoms with Crippen LogP contribution in [0.4, 0.5) is 5.82 Å². The Kier molecular flexibility index (Phi) is 4.95. The minimum absolute atomic E-state index is 0.322. The van der Waals surface area contributed by atoms with Crippen LogP contribution in [0, 0.1) is 0 Å². The molecule has 3 heterocycles. The van der Waals surface area contributed by atoms with Crippen LogP contribution < -0.4 is 9.62 Å². The molecule has 0 bridgehead atoms. The molecule has 122 valence electrons. The monoisotopic (exact) mass is 324 g/mol. The van der Waals surface area contributed by atoms with Gasteiger partial charge in [0.1, 0.15) is 5.82 Å². The summed E-state index contributed by atoms with van der Waals surface area (Å²) in [4.78, 5) is 6.65. The Morgan fingerprint density at radius 1 is 1.05 bits per heavy atom. The van der Waals surface area contributed by atoms with Gasteiger partial charge in [-0.1, -0.05) is 6.42 Å². The van der Waals surface area contributed by atoms with E-state index in [1.54, 1.807) is 10.5 Å². The molecule has 22 heavy (non-hydrogen) atoms. The van der Waals surface area contributed by atoms with Crippen molar-refractivity contribution in [2.45, 2.75) is 38.6 Å². The van der Waals surface area contributed by atoms with Crippen molar-refractivity contribution in [3.63, 3.8) is 0 Å². The fourth-order valence-electron chi connectivity index (χ4n) is 3.06. The minimum atomic E-state index is -3.36. The van der Waals surface area contributed by atoms with Crippen molar-refractivity contribution in [3.05, 3.63) is 23.9 Å². The highest BCUT2D eigenvalue weighted by Gasteiger charge is 2.23. The van der Waals surface area contributed by atoms with Crippen molar-refractivity contribution in [3.8, 4) is 0 Å². The highest BCUT2D eigenvalue weighted by Crippen LogP contribution is 2.19. The molecule has 2 aliphatic rings. The summed E-state index contributed by atoms with van der Waals surface area (Å²) < 4.78 is 28.8. The van der Waals surface area contributed by atoms with E-state index in [-0.39, 0.29) is 0 Å². The molecule has 1 aromatic heterocycles. The van der Waals surface area contributed by atoms with E-state index in [2.05, 4.69) is 14.6 Å². The molecule has 0 unspecified atom stereocenters. The van der Waals surface area contributed by atoms with Crippen LogP contribution in [0.3, 0.4) is 0 Å². The first kappa shape index (κ1) is 15.7. The first-order valence-corrected chi connectivity index (χ1v) is 9.54. The SMILES string of the molecule is O=S(=O)(NCc1ccnc(N2CCCC2)c1)N1CCCCC1. The number of anilines is 1. The number of aromatic nitrogens is 1. The van der Waals surface area contributed by atoms with E-state index in [0.717, 1.165) is 43.7 Å². The third-order valence-electron chi connectivity index (χ3n) is 4.35. The molecule has 1 N–H and O–H groups in total. The summed E-state index contributed by atoms with van der Waals surface area (Å²) in [5.41, 5.74) is 0.956. The second-order valence-corrected chi connectivity index (χ2v) is 7.76. The van der Waals surface area contributed by atoms with Gasteiger partial charge in [0.2, 0.25) is 0 Å². The maximum atomic E-state index is 12.3. The van der Waals surface area contributed by atoms with Gasteiger partial charge in [0.25, 0.3) is 10.2 Å². The summed E-state index contributed by atoms with van der Waals surface area (Å²) in [6.45, 7) is 3.66. The molecule has 0 saturated carbocycles. The molecular weight excluding hydrogens is 300 g/mol. The highest BCUT2D eigenvalue weighted by atomic mass is 32.2. The van der Waals surface area contributed by atoms with Gasteiger partial charge in [0.05, 0.1) is 0 Å². The topological polar surface area (TPSA) is 65.5 Å². The number of pyridine rings is 1. The quantitative estimate of drug-likeness (QED) is 0.891. The van der Waals surface area contributed by atoms with E-state index >= 15 is 0 Å². The fourth-order valence-corrected chi connectivity index (χ4v) is 4.33. The molecule has 1 aromatic rings.